The number of nitrogens with zero attached hydrogens (tertiary/aromatic N) is 5. The molecule has 0 bridgehead atoms. The lowest BCUT2D eigenvalue weighted by Crippen LogP contribution is -2.46. The van der Waals surface area contributed by atoms with Crippen molar-refractivity contribution in [2.75, 3.05) is 38.1 Å². The molecule has 142 valence electrons. The molecule has 1 aromatic heterocycles. The van der Waals surface area contributed by atoms with Crippen molar-refractivity contribution in [2.24, 2.45) is 11.8 Å². The second kappa shape index (κ2) is 7.14. The minimum absolute atomic E-state index is 0.225. The summed E-state index contributed by atoms with van der Waals surface area (Å²) in [5.74, 6) is 2.76. The molecule has 1 aromatic rings. The van der Waals surface area contributed by atoms with Gasteiger partial charge in [0.15, 0.2) is 0 Å². The fourth-order valence-electron chi connectivity index (χ4n) is 5.33. The number of hydrogen-bond acceptors (Lipinski definition) is 5. The van der Waals surface area contributed by atoms with Crippen molar-refractivity contribution >= 4 is 11.7 Å². The number of carbonyl (C=O) groups excluding carboxylic acids is 1. The van der Waals surface area contributed by atoms with Crippen molar-refractivity contribution in [1.29, 1.82) is 0 Å². The zero-order valence-electron chi connectivity index (χ0n) is 16.3. The van der Waals surface area contributed by atoms with Gasteiger partial charge in [0.05, 0.1) is 18.1 Å². The molecule has 0 aromatic carbocycles. The van der Waals surface area contributed by atoms with Gasteiger partial charge in [0.25, 0.3) is 0 Å². The molecule has 3 heterocycles. The van der Waals surface area contributed by atoms with E-state index < -0.39 is 0 Å². The molecule has 3 aliphatic rings. The molecule has 2 saturated heterocycles. The Hall–Kier alpha value is -1.69. The maximum Gasteiger partial charge on any atom is 0.219 e. The Morgan fingerprint density at radius 1 is 1.12 bits per heavy atom. The van der Waals surface area contributed by atoms with Crippen LogP contribution < -0.4 is 4.90 Å². The number of aryl methyl sites for hydroxylation is 1. The highest BCUT2D eigenvalue weighted by molar-refractivity contribution is 5.73. The molecule has 3 fully saturated rings. The van der Waals surface area contributed by atoms with Gasteiger partial charge in [-0.05, 0) is 44.4 Å². The average molecular weight is 358 g/mol. The number of rotatable bonds is 3. The van der Waals surface area contributed by atoms with E-state index in [-0.39, 0.29) is 5.91 Å². The molecule has 6 heteroatoms. The Bertz CT molecular complexity index is 640. The van der Waals surface area contributed by atoms with Crippen LogP contribution in [0.3, 0.4) is 0 Å². The molecular formula is C20H31N5O. The Kier molecular flexibility index (Phi) is 4.86. The lowest BCUT2D eigenvalue weighted by molar-refractivity contribution is -0.130. The number of carbonyl (C=O) groups is 1. The number of amides is 1. The van der Waals surface area contributed by atoms with Gasteiger partial charge < -0.3 is 9.80 Å². The molecule has 4 rings (SSSR count). The molecule has 3 atom stereocenters. The van der Waals surface area contributed by atoms with Crippen LogP contribution in [0.4, 0.5) is 5.82 Å². The summed E-state index contributed by atoms with van der Waals surface area (Å²) in [7, 11) is 2.18. The highest BCUT2D eigenvalue weighted by atomic mass is 16.2. The third-order valence-electron chi connectivity index (χ3n) is 6.90. The Morgan fingerprint density at radius 2 is 1.88 bits per heavy atom. The van der Waals surface area contributed by atoms with Gasteiger partial charge in [-0.3, -0.25) is 14.7 Å². The smallest absolute Gasteiger partial charge is 0.219 e. The van der Waals surface area contributed by atoms with Crippen molar-refractivity contribution in [3.63, 3.8) is 0 Å². The van der Waals surface area contributed by atoms with Crippen molar-refractivity contribution in [3.8, 4) is 0 Å². The first kappa shape index (κ1) is 17.7. The number of aromatic nitrogens is 2. The third kappa shape index (κ3) is 3.31. The fraction of sp³-hybridized carbons (Fsp3) is 0.750. The van der Waals surface area contributed by atoms with E-state index in [1.54, 1.807) is 6.92 Å². The van der Waals surface area contributed by atoms with Crippen LogP contribution >= 0.6 is 0 Å². The van der Waals surface area contributed by atoms with Crippen LogP contribution in [0.1, 0.15) is 38.3 Å². The molecule has 0 N–H and O–H groups in total. The van der Waals surface area contributed by atoms with Gasteiger partial charge in [0, 0.05) is 52.2 Å². The Morgan fingerprint density at radius 3 is 2.54 bits per heavy atom. The number of hydrogen-bond donors (Lipinski definition) is 0. The fourth-order valence-corrected chi connectivity index (χ4v) is 5.33. The molecule has 0 unspecified atom stereocenters. The quantitative estimate of drug-likeness (QED) is 0.827. The first-order chi connectivity index (χ1) is 12.5. The lowest BCUT2D eigenvalue weighted by Gasteiger charge is -2.37. The van der Waals surface area contributed by atoms with E-state index in [2.05, 4.69) is 26.8 Å². The van der Waals surface area contributed by atoms with E-state index in [4.69, 9.17) is 0 Å². The first-order valence-corrected chi connectivity index (χ1v) is 10.0. The summed E-state index contributed by atoms with van der Waals surface area (Å²) < 4.78 is 0. The van der Waals surface area contributed by atoms with Gasteiger partial charge in [-0.2, -0.15) is 0 Å². The van der Waals surface area contributed by atoms with E-state index in [9.17, 15) is 4.79 Å². The molecule has 2 aliphatic heterocycles. The van der Waals surface area contributed by atoms with Crippen LogP contribution in [-0.4, -0.2) is 71.0 Å². The SMILES string of the molecule is CC(=O)N1CCC(N2C[C@H]3CC[C@@H](N(C)c4cnc(C)cn4)[C@H]3C2)CC1. The molecule has 26 heavy (non-hydrogen) atoms. The molecule has 1 amide bonds. The van der Waals surface area contributed by atoms with Crippen LogP contribution in [-0.2, 0) is 4.79 Å². The molecule has 1 saturated carbocycles. The lowest BCUT2D eigenvalue weighted by atomic mass is 9.97. The van der Waals surface area contributed by atoms with Gasteiger partial charge in [-0.15, -0.1) is 0 Å². The highest BCUT2D eigenvalue weighted by Crippen LogP contribution is 2.42. The van der Waals surface area contributed by atoms with E-state index >= 15 is 0 Å². The number of fused-ring (bicyclic) bond motifs is 1. The van der Waals surface area contributed by atoms with Crippen molar-refractivity contribution < 1.29 is 4.79 Å². The Balaban J connectivity index is 1.38. The van der Waals surface area contributed by atoms with E-state index in [0.29, 0.717) is 12.1 Å². The minimum Gasteiger partial charge on any atom is -0.355 e. The van der Waals surface area contributed by atoms with Gasteiger partial charge in [-0.1, -0.05) is 0 Å². The first-order valence-electron chi connectivity index (χ1n) is 10.0. The minimum atomic E-state index is 0.225. The predicted octanol–water partition coefficient (Wildman–Crippen LogP) is 1.94. The second-order valence-corrected chi connectivity index (χ2v) is 8.39. The topological polar surface area (TPSA) is 52.6 Å². The summed E-state index contributed by atoms with van der Waals surface area (Å²) in [5, 5.41) is 0. The third-order valence-corrected chi connectivity index (χ3v) is 6.90. The van der Waals surface area contributed by atoms with Gasteiger partial charge in [0.2, 0.25) is 5.91 Å². The average Bonchev–Trinajstić information content (AvgIpc) is 3.22. The number of piperidine rings is 1. The molecule has 1 aliphatic carbocycles. The molecular weight excluding hydrogens is 326 g/mol. The molecule has 0 spiro atoms. The summed E-state index contributed by atoms with van der Waals surface area (Å²) in [6.07, 6.45) is 8.61. The summed E-state index contributed by atoms with van der Waals surface area (Å²) in [6, 6.07) is 1.22. The summed E-state index contributed by atoms with van der Waals surface area (Å²) >= 11 is 0. The van der Waals surface area contributed by atoms with Crippen LogP contribution in [0, 0.1) is 18.8 Å². The van der Waals surface area contributed by atoms with Crippen LogP contribution in [0.15, 0.2) is 12.4 Å². The van der Waals surface area contributed by atoms with Crippen molar-refractivity contribution in [3.05, 3.63) is 18.1 Å². The summed E-state index contributed by atoms with van der Waals surface area (Å²) in [5.41, 5.74) is 0.968. The van der Waals surface area contributed by atoms with E-state index in [1.165, 1.54) is 25.9 Å². The predicted molar refractivity (Wildman–Crippen MR) is 102 cm³/mol. The zero-order valence-corrected chi connectivity index (χ0v) is 16.3. The highest BCUT2D eigenvalue weighted by Gasteiger charge is 2.46. The summed E-state index contributed by atoms with van der Waals surface area (Å²) in [6.45, 7) is 7.95. The number of anilines is 1. The normalized spacial score (nSPS) is 29.8. The van der Waals surface area contributed by atoms with E-state index in [0.717, 1.165) is 49.3 Å². The number of likely N-dealkylation sites (tertiary alicyclic amines) is 2. The van der Waals surface area contributed by atoms with Crippen molar-refractivity contribution in [1.82, 2.24) is 19.8 Å². The standard InChI is InChI=1S/C20H31N5O/c1-14-10-22-20(11-21-14)23(3)19-5-4-16-12-25(13-18(16)19)17-6-8-24(9-7-17)15(2)26/h10-11,16-19H,4-9,12-13H2,1-3H3/t16-,18+,19-/m1/s1. The van der Waals surface area contributed by atoms with E-state index in [1.807, 2.05) is 24.2 Å². The second-order valence-electron chi connectivity index (χ2n) is 8.39. The molecule has 0 radical (unpaired) electrons. The van der Waals surface area contributed by atoms with Gasteiger partial charge in [0.1, 0.15) is 5.82 Å². The molecule has 6 nitrogen and oxygen atoms in total. The zero-order chi connectivity index (χ0) is 18.3. The summed E-state index contributed by atoms with van der Waals surface area (Å²) in [4.78, 5) is 27.6. The van der Waals surface area contributed by atoms with Gasteiger partial charge in [-0.25, -0.2) is 4.98 Å². The Labute approximate surface area is 156 Å². The van der Waals surface area contributed by atoms with Crippen LogP contribution in [0.2, 0.25) is 0 Å². The van der Waals surface area contributed by atoms with Gasteiger partial charge >= 0.3 is 0 Å². The van der Waals surface area contributed by atoms with Crippen LogP contribution in [0.25, 0.3) is 0 Å². The maximum absolute atomic E-state index is 11.6. The maximum atomic E-state index is 11.6. The monoisotopic (exact) mass is 357 g/mol. The van der Waals surface area contributed by atoms with Crippen molar-refractivity contribution in [2.45, 2.75) is 51.6 Å². The largest absolute Gasteiger partial charge is 0.355 e. The van der Waals surface area contributed by atoms with Crippen LogP contribution in [0.5, 0.6) is 0 Å².